The summed E-state index contributed by atoms with van der Waals surface area (Å²) in [6.45, 7) is 9.48. The van der Waals surface area contributed by atoms with Crippen molar-refractivity contribution in [1.29, 1.82) is 0 Å². The molecule has 148 valence electrons. The van der Waals surface area contributed by atoms with Gasteiger partial charge in [0, 0.05) is 24.0 Å². The number of hydrogen-bond donors (Lipinski definition) is 0. The van der Waals surface area contributed by atoms with Crippen LogP contribution in [0.4, 0.5) is 0 Å². The van der Waals surface area contributed by atoms with E-state index in [0.717, 1.165) is 29.7 Å². The van der Waals surface area contributed by atoms with Crippen LogP contribution in [0.3, 0.4) is 0 Å². The minimum absolute atomic E-state index is 0.0350. The number of carbonyl (C=O) groups excluding carboxylic acids is 1. The molecule has 0 radical (unpaired) electrons. The molecule has 0 saturated carbocycles. The lowest BCUT2D eigenvalue weighted by molar-refractivity contribution is 0.0970. The first-order valence-corrected chi connectivity index (χ1v) is 9.99. The van der Waals surface area contributed by atoms with E-state index in [1.807, 2.05) is 45.2 Å². The smallest absolute Gasteiger partial charge is 0.264 e. The minimum atomic E-state index is -0.153. The van der Waals surface area contributed by atoms with Crippen molar-refractivity contribution >= 4 is 16.7 Å². The zero-order valence-electron chi connectivity index (χ0n) is 17.1. The van der Waals surface area contributed by atoms with E-state index in [1.54, 1.807) is 16.7 Å². The molecule has 0 aliphatic rings. The highest BCUT2D eigenvalue weighted by Crippen LogP contribution is 2.30. The van der Waals surface area contributed by atoms with E-state index in [1.165, 1.54) is 0 Å². The Kier molecular flexibility index (Phi) is 6.02. The Balaban J connectivity index is 2.20. The molecule has 2 aromatic heterocycles. The van der Waals surface area contributed by atoms with Gasteiger partial charge in [-0.25, -0.2) is 0 Å². The predicted molar refractivity (Wildman–Crippen MR) is 113 cm³/mol. The fourth-order valence-corrected chi connectivity index (χ4v) is 3.79. The molecule has 0 saturated heterocycles. The van der Waals surface area contributed by atoms with E-state index < -0.39 is 0 Å². The number of rotatable bonds is 8. The molecular formula is C23H28N2O3. The quantitative estimate of drug-likeness (QED) is 0.546. The molecule has 5 nitrogen and oxygen atoms in total. The van der Waals surface area contributed by atoms with Crippen molar-refractivity contribution < 1.29 is 9.53 Å². The summed E-state index contributed by atoms with van der Waals surface area (Å²) in [4.78, 5) is 26.3. The van der Waals surface area contributed by atoms with Crippen LogP contribution < -0.4 is 10.3 Å². The predicted octanol–water partition coefficient (Wildman–Crippen LogP) is 4.37. The third-order valence-corrected chi connectivity index (χ3v) is 5.15. The number of ether oxygens (including phenoxy) is 1. The van der Waals surface area contributed by atoms with E-state index in [0.29, 0.717) is 29.7 Å². The van der Waals surface area contributed by atoms with Gasteiger partial charge in [-0.05, 0) is 32.3 Å². The van der Waals surface area contributed by atoms with E-state index >= 15 is 0 Å². The molecule has 0 fully saturated rings. The number of carbonyl (C=O) groups is 1. The molecule has 0 bridgehead atoms. The van der Waals surface area contributed by atoms with Gasteiger partial charge in [0.15, 0.2) is 5.78 Å². The van der Waals surface area contributed by atoms with Crippen molar-refractivity contribution in [1.82, 2.24) is 9.13 Å². The molecule has 0 atom stereocenters. The molecule has 0 aliphatic carbocycles. The summed E-state index contributed by atoms with van der Waals surface area (Å²) in [6, 6.07) is 9.12. The van der Waals surface area contributed by atoms with E-state index in [4.69, 9.17) is 4.74 Å². The maximum atomic E-state index is 13.5. The fourth-order valence-electron chi connectivity index (χ4n) is 3.79. The largest absolute Gasteiger partial charge is 0.491 e. The van der Waals surface area contributed by atoms with Crippen LogP contribution in [0.5, 0.6) is 5.75 Å². The van der Waals surface area contributed by atoms with E-state index in [2.05, 4.69) is 11.5 Å². The van der Waals surface area contributed by atoms with Crippen LogP contribution in [0.2, 0.25) is 0 Å². The van der Waals surface area contributed by atoms with Crippen LogP contribution in [-0.4, -0.2) is 21.5 Å². The first kappa shape index (κ1) is 19.9. The van der Waals surface area contributed by atoms with E-state index in [9.17, 15) is 9.59 Å². The number of aromatic nitrogens is 2. The lowest BCUT2D eigenvalue weighted by Gasteiger charge is -2.16. The van der Waals surface area contributed by atoms with Crippen molar-refractivity contribution in [2.45, 2.75) is 53.6 Å². The number of benzene rings is 1. The monoisotopic (exact) mass is 380 g/mol. The summed E-state index contributed by atoms with van der Waals surface area (Å²) in [7, 11) is 0. The Morgan fingerprint density at radius 2 is 1.82 bits per heavy atom. The summed E-state index contributed by atoms with van der Waals surface area (Å²) < 4.78 is 9.59. The van der Waals surface area contributed by atoms with Gasteiger partial charge in [0.2, 0.25) is 0 Å². The van der Waals surface area contributed by atoms with Crippen LogP contribution >= 0.6 is 0 Å². The molecule has 0 amide bonds. The average molecular weight is 380 g/mol. The number of Topliss-reactive ketones (excluding diaryl/α,β-unsaturated/α-hetero) is 1. The molecule has 0 unspecified atom stereocenters. The lowest BCUT2D eigenvalue weighted by atomic mass is 10.1. The zero-order valence-corrected chi connectivity index (χ0v) is 17.1. The van der Waals surface area contributed by atoms with Gasteiger partial charge in [0.05, 0.1) is 18.7 Å². The fraction of sp³-hybridized carbons (Fsp3) is 0.391. The van der Waals surface area contributed by atoms with Crippen LogP contribution in [0.1, 0.15) is 48.8 Å². The third-order valence-electron chi connectivity index (χ3n) is 5.15. The molecule has 0 spiro atoms. The first-order valence-electron chi connectivity index (χ1n) is 9.99. The summed E-state index contributed by atoms with van der Waals surface area (Å²) in [5, 5.41) is 0.575. The second-order valence-electron chi connectivity index (χ2n) is 6.96. The molecule has 1 aromatic carbocycles. The molecule has 3 rings (SSSR count). The Labute approximate surface area is 165 Å². The van der Waals surface area contributed by atoms with Gasteiger partial charge >= 0.3 is 0 Å². The number of nitrogens with zero attached hydrogens (tertiary/aromatic N) is 2. The first-order chi connectivity index (χ1) is 13.5. The maximum Gasteiger partial charge on any atom is 0.264 e. The topological polar surface area (TPSA) is 53.2 Å². The van der Waals surface area contributed by atoms with Gasteiger partial charge in [-0.3, -0.25) is 9.59 Å². The van der Waals surface area contributed by atoms with Gasteiger partial charge in [-0.2, -0.15) is 0 Å². The molecule has 5 heteroatoms. The van der Waals surface area contributed by atoms with Crippen molar-refractivity contribution in [3.8, 4) is 5.75 Å². The number of aryl methyl sites for hydroxylation is 2. The van der Waals surface area contributed by atoms with Gasteiger partial charge in [0.1, 0.15) is 11.1 Å². The second-order valence-corrected chi connectivity index (χ2v) is 6.96. The molecule has 2 heterocycles. The molecule has 3 aromatic rings. The molecular weight excluding hydrogens is 352 g/mol. The number of fused-ring (bicyclic) bond motifs is 1. The summed E-state index contributed by atoms with van der Waals surface area (Å²) >= 11 is 0. The number of hydrogen-bond acceptors (Lipinski definition) is 3. The van der Waals surface area contributed by atoms with Crippen LogP contribution in [-0.2, 0) is 19.5 Å². The Morgan fingerprint density at radius 1 is 1.11 bits per heavy atom. The standard InChI is InChI=1S/C23H28N2O3/c1-5-13-28-20-15-24(7-3)22-16(4)18(6-2)25(23(27)21(20)22)14-19(26)17-11-9-8-10-12-17/h8-12,15H,5-7,13-14H2,1-4H3. The lowest BCUT2D eigenvalue weighted by Crippen LogP contribution is -2.28. The Hall–Kier alpha value is -2.82. The Bertz CT molecular complexity index is 1050. The molecule has 0 N–H and O–H groups in total. The third kappa shape index (κ3) is 3.49. The normalized spacial score (nSPS) is 11.1. The van der Waals surface area contributed by atoms with Gasteiger partial charge < -0.3 is 13.9 Å². The highest BCUT2D eigenvalue weighted by Gasteiger charge is 2.22. The second kappa shape index (κ2) is 8.46. The van der Waals surface area contributed by atoms with Crippen molar-refractivity contribution in [2.24, 2.45) is 0 Å². The SMILES string of the molecule is CCCOc1cn(CC)c2c(C)c(CC)n(CC(=O)c3ccccc3)c(=O)c12. The van der Waals surface area contributed by atoms with Crippen molar-refractivity contribution in [2.75, 3.05) is 6.61 Å². The van der Waals surface area contributed by atoms with Crippen LogP contribution in [0, 0.1) is 6.92 Å². The molecule has 0 aliphatic heterocycles. The van der Waals surface area contributed by atoms with Crippen LogP contribution in [0.15, 0.2) is 41.3 Å². The summed E-state index contributed by atoms with van der Waals surface area (Å²) in [5.74, 6) is 0.539. The highest BCUT2D eigenvalue weighted by molar-refractivity contribution is 5.96. The maximum absolute atomic E-state index is 13.5. The number of pyridine rings is 1. The van der Waals surface area contributed by atoms with E-state index in [-0.39, 0.29) is 17.9 Å². The average Bonchev–Trinajstić information content (AvgIpc) is 3.10. The number of ketones is 1. The zero-order chi connectivity index (χ0) is 20.3. The van der Waals surface area contributed by atoms with Gasteiger partial charge in [0.25, 0.3) is 5.56 Å². The van der Waals surface area contributed by atoms with Crippen molar-refractivity contribution in [3.63, 3.8) is 0 Å². The highest BCUT2D eigenvalue weighted by atomic mass is 16.5. The van der Waals surface area contributed by atoms with Crippen LogP contribution in [0.25, 0.3) is 10.9 Å². The Morgan fingerprint density at radius 3 is 2.43 bits per heavy atom. The summed E-state index contributed by atoms with van der Waals surface area (Å²) in [5.41, 5.74) is 3.31. The summed E-state index contributed by atoms with van der Waals surface area (Å²) in [6.07, 6.45) is 3.46. The van der Waals surface area contributed by atoms with Gasteiger partial charge in [-0.15, -0.1) is 0 Å². The van der Waals surface area contributed by atoms with Gasteiger partial charge in [-0.1, -0.05) is 44.2 Å². The van der Waals surface area contributed by atoms with Crippen molar-refractivity contribution in [3.05, 3.63) is 63.7 Å². The minimum Gasteiger partial charge on any atom is -0.491 e. The molecule has 28 heavy (non-hydrogen) atoms.